The smallest absolute Gasteiger partial charge is 0.0350 e. The fourth-order valence-electron chi connectivity index (χ4n) is 3.90. The molecule has 1 atom stereocenters. The van der Waals surface area contributed by atoms with Crippen molar-refractivity contribution in [3.8, 4) is 11.1 Å². The van der Waals surface area contributed by atoms with Gasteiger partial charge in [-0.25, -0.2) is 0 Å². The van der Waals surface area contributed by atoms with Gasteiger partial charge in [0.1, 0.15) is 0 Å². The van der Waals surface area contributed by atoms with Crippen molar-refractivity contribution >= 4 is 22.7 Å². The Kier molecular flexibility index (Phi) is 3.25. The van der Waals surface area contributed by atoms with Gasteiger partial charge in [0.2, 0.25) is 0 Å². The number of rotatable bonds is 3. The van der Waals surface area contributed by atoms with Gasteiger partial charge in [0.15, 0.2) is 0 Å². The molecule has 1 unspecified atom stereocenters. The van der Waals surface area contributed by atoms with Crippen molar-refractivity contribution in [3.05, 3.63) is 56.4 Å². The van der Waals surface area contributed by atoms with Crippen molar-refractivity contribution < 1.29 is 0 Å². The third kappa shape index (κ3) is 1.93. The zero-order valence-corrected chi connectivity index (χ0v) is 15.2. The molecular formula is C20H22S2. The lowest BCUT2D eigenvalue weighted by atomic mass is 9.69. The minimum Gasteiger partial charge on any atom is -0.148 e. The lowest BCUT2D eigenvalue weighted by molar-refractivity contribution is 0.271. The molecule has 2 aliphatic carbocycles. The van der Waals surface area contributed by atoms with Crippen LogP contribution < -0.4 is 0 Å². The van der Waals surface area contributed by atoms with Crippen LogP contribution in [0.2, 0.25) is 0 Å². The minimum absolute atomic E-state index is 0.211. The number of thiophene rings is 2. The van der Waals surface area contributed by atoms with Crippen LogP contribution >= 0.6 is 22.7 Å². The van der Waals surface area contributed by atoms with E-state index in [-0.39, 0.29) is 5.41 Å². The number of hydrogen-bond acceptors (Lipinski definition) is 2. The molecule has 0 aromatic carbocycles. The molecule has 0 bridgehead atoms. The molecule has 2 heteroatoms. The highest BCUT2D eigenvalue weighted by Gasteiger charge is 2.44. The van der Waals surface area contributed by atoms with Crippen molar-refractivity contribution in [1.82, 2.24) is 0 Å². The van der Waals surface area contributed by atoms with E-state index in [1.54, 1.807) is 9.75 Å². The van der Waals surface area contributed by atoms with Crippen molar-refractivity contribution in [1.29, 1.82) is 0 Å². The Morgan fingerprint density at radius 2 is 1.59 bits per heavy atom. The molecule has 2 heterocycles. The molecule has 0 amide bonds. The lowest BCUT2D eigenvalue weighted by Crippen LogP contribution is -2.27. The van der Waals surface area contributed by atoms with Gasteiger partial charge in [-0.3, -0.25) is 0 Å². The number of fused-ring (bicyclic) bond motifs is 3. The van der Waals surface area contributed by atoms with Gasteiger partial charge in [-0.1, -0.05) is 45.9 Å². The summed E-state index contributed by atoms with van der Waals surface area (Å²) in [4.78, 5) is 3.15. The third-order valence-electron chi connectivity index (χ3n) is 5.34. The van der Waals surface area contributed by atoms with E-state index in [1.807, 2.05) is 22.7 Å². The first kappa shape index (κ1) is 14.5. The van der Waals surface area contributed by atoms with Crippen molar-refractivity contribution in [2.45, 2.75) is 33.6 Å². The van der Waals surface area contributed by atoms with Crippen LogP contribution in [-0.4, -0.2) is 0 Å². The van der Waals surface area contributed by atoms with E-state index in [4.69, 9.17) is 0 Å². The maximum atomic E-state index is 2.50. The maximum absolute atomic E-state index is 2.50. The number of allylic oxidation sites excluding steroid dienone is 4. The summed E-state index contributed by atoms with van der Waals surface area (Å²) in [5.74, 6) is 1.68. The third-order valence-corrected chi connectivity index (χ3v) is 7.31. The van der Waals surface area contributed by atoms with E-state index in [0.717, 1.165) is 0 Å². The molecule has 2 aromatic heterocycles. The van der Waals surface area contributed by atoms with Gasteiger partial charge in [-0.05, 0) is 50.9 Å². The van der Waals surface area contributed by atoms with Crippen LogP contribution in [0.4, 0.5) is 0 Å². The predicted octanol–water partition coefficient (Wildman–Crippen LogP) is 6.72. The maximum Gasteiger partial charge on any atom is 0.0350 e. The summed E-state index contributed by atoms with van der Waals surface area (Å²) in [6.07, 6.45) is 7.27. The van der Waals surface area contributed by atoms with Gasteiger partial charge >= 0.3 is 0 Å². The molecule has 114 valence electrons. The molecule has 22 heavy (non-hydrogen) atoms. The molecule has 2 aliphatic rings. The molecule has 4 rings (SSSR count). The van der Waals surface area contributed by atoms with E-state index in [9.17, 15) is 0 Å². The summed E-state index contributed by atoms with van der Waals surface area (Å²) in [6, 6.07) is 4.61. The zero-order valence-electron chi connectivity index (χ0n) is 13.6. The van der Waals surface area contributed by atoms with E-state index in [1.165, 1.54) is 16.7 Å². The van der Waals surface area contributed by atoms with Crippen LogP contribution in [-0.2, 0) is 0 Å². The highest BCUT2D eigenvalue weighted by atomic mass is 32.1. The molecule has 2 aromatic rings. The Labute approximate surface area is 141 Å². The van der Waals surface area contributed by atoms with Crippen molar-refractivity contribution in [2.75, 3.05) is 0 Å². The summed E-state index contributed by atoms with van der Waals surface area (Å²) in [5, 5.41) is 4.52. The lowest BCUT2D eigenvalue weighted by Gasteiger charge is -2.36. The second-order valence-corrected chi connectivity index (χ2v) is 9.25. The Hall–Kier alpha value is -1.12. The topological polar surface area (TPSA) is 0 Å². The molecule has 0 nitrogen and oxygen atoms in total. The van der Waals surface area contributed by atoms with Crippen LogP contribution in [0.5, 0.6) is 0 Å². The molecular weight excluding hydrogens is 304 g/mol. The van der Waals surface area contributed by atoms with Crippen LogP contribution in [0.3, 0.4) is 0 Å². The SMILES string of the molecule is CC(C)C1=CC(C(C)(C)C2c3sccc3-c3ccsc32)C=C1. The fourth-order valence-corrected chi connectivity index (χ4v) is 6.40. The van der Waals surface area contributed by atoms with Crippen LogP contribution in [0.1, 0.15) is 43.4 Å². The molecule has 0 saturated heterocycles. The van der Waals surface area contributed by atoms with Crippen molar-refractivity contribution in [2.24, 2.45) is 17.3 Å². The van der Waals surface area contributed by atoms with Crippen LogP contribution in [0, 0.1) is 17.3 Å². The van der Waals surface area contributed by atoms with E-state index in [0.29, 0.717) is 17.8 Å². The summed E-state index contributed by atoms with van der Waals surface area (Å²) in [6.45, 7) is 9.47. The second kappa shape index (κ2) is 4.94. The Morgan fingerprint density at radius 1 is 1.00 bits per heavy atom. The predicted molar refractivity (Wildman–Crippen MR) is 98.8 cm³/mol. The second-order valence-electron chi connectivity index (χ2n) is 7.36. The Morgan fingerprint density at radius 3 is 2.09 bits per heavy atom. The Balaban J connectivity index is 1.78. The monoisotopic (exact) mass is 326 g/mol. The highest BCUT2D eigenvalue weighted by Crippen LogP contribution is 2.59. The quantitative estimate of drug-likeness (QED) is 0.587. The summed E-state index contributed by atoms with van der Waals surface area (Å²) >= 11 is 3.87. The normalized spacial score (nSPS) is 20.6. The Bertz CT molecular complexity index is 727. The largest absolute Gasteiger partial charge is 0.148 e. The highest BCUT2D eigenvalue weighted by molar-refractivity contribution is 7.13. The first-order chi connectivity index (χ1) is 10.5. The molecule has 0 radical (unpaired) electrons. The van der Waals surface area contributed by atoms with E-state index < -0.39 is 0 Å². The van der Waals surface area contributed by atoms with E-state index in [2.05, 4.69) is 68.8 Å². The summed E-state index contributed by atoms with van der Waals surface area (Å²) in [7, 11) is 0. The van der Waals surface area contributed by atoms with Gasteiger partial charge in [0.25, 0.3) is 0 Å². The van der Waals surface area contributed by atoms with Gasteiger partial charge in [0, 0.05) is 21.6 Å². The summed E-state index contributed by atoms with van der Waals surface area (Å²) < 4.78 is 0. The zero-order chi connectivity index (χ0) is 15.5. The first-order valence-electron chi connectivity index (χ1n) is 8.05. The van der Waals surface area contributed by atoms with Crippen LogP contribution in [0.25, 0.3) is 11.1 Å². The standard InChI is InChI=1S/C20H22S2/c1-12(2)13-5-6-14(11-13)20(3,4)17-18-15(7-9-21-18)16-8-10-22-19(16)17/h5-12,14,17H,1-4H3. The van der Waals surface area contributed by atoms with Gasteiger partial charge < -0.3 is 0 Å². The van der Waals surface area contributed by atoms with Crippen molar-refractivity contribution in [3.63, 3.8) is 0 Å². The van der Waals surface area contributed by atoms with Gasteiger partial charge in [0.05, 0.1) is 0 Å². The average Bonchev–Trinajstić information content (AvgIpc) is 3.20. The summed E-state index contributed by atoms with van der Waals surface area (Å²) in [5.41, 5.74) is 4.67. The number of hydrogen-bond donors (Lipinski definition) is 0. The van der Waals surface area contributed by atoms with Gasteiger partial charge in [-0.15, -0.1) is 22.7 Å². The molecule has 0 N–H and O–H groups in total. The van der Waals surface area contributed by atoms with Gasteiger partial charge in [-0.2, -0.15) is 0 Å². The van der Waals surface area contributed by atoms with Crippen LogP contribution in [0.15, 0.2) is 46.7 Å². The molecule has 0 spiro atoms. The average molecular weight is 327 g/mol. The minimum atomic E-state index is 0.211. The molecule has 0 saturated carbocycles. The fraction of sp³-hybridized carbons (Fsp3) is 0.400. The molecule has 0 fully saturated rings. The van der Waals surface area contributed by atoms with E-state index >= 15 is 0 Å². The molecule has 0 aliphatic heterocycles. The first-order valence-corrected chi connectivity index (χ1v) is 9.81.